The number of hydrogen-bond donors (Lipinski definition) is 0. The molecule has 0 spiro atoms. The third kappa shape index (κ3) is 2.67. The predicted molar refractivity (Wildman–Crippen MR) is 58.2 cm³/mol. The van der Waals surface area contributed by atoms with Gasteiger partial charge in [-0.15, -0.1) is 0 Å². The zero-order chi connectivity index (χ0) is 8.97. The van der Waals surface area contributed by atoms with Crippen LogP contribution in [0.1, 0.15) is 12.5 Å². The van der Waals surface area contributed by atoms with Crippen molar-refractivity contribution in [2.75, 3.05) is 0 Å². The molecule has 0 atom stereocenters. The van der Waals surface area contributed by atoms with Crippen LogP contribution in [-0.4, -0.2) is 0 Å². The number of benzene rings is 1. The average molecular weight is 223 g/mol. The molecular formula is C11H11Br. The largest absolute Gasteiger partial charge is 0.0845 e. The molecule has 0 aliphatic rings. The van der Waals surface area contributed by atoms with Gasteiger partial charge in [0.2, 0.25) is 0 Å². The standard InChI is InChI=1S/C11H11Br/c1-9(10(2)12)8-11-6-4-3-5-7-11/h3-8H,2H2,1H3/b9-8-. The van der Waals surface area contributed by atoms with Crippen molar-refractivity contribution in [2.24, 2.45) is 0 Å². The van der Waals surface area contributed by atoms with Crippen LogP contribution in [0.15, 0.2) is 47.0 Å². The van der Waals surface area contributed by atoms with Gasteiger partial charge in [0, 0.05) is 4.48 Å². The second-order valence-electron chi connectivity index (χ2n) is 2.64. The van der Waals surface area contributed by atoms with Gasteiger partial charge in [-0.25, -0.2) is 0 Å². The van der Waals surface area contributed by atoms with Crippen LogP contribution in [0.2, 0.25) is 0 Å². The molecule has 0 aromatic heterocycles. The summed E-state index contributed by atoms with van der Waals surface area (Å²) in [5.41, 5.74) is 2.36. The Labute approximate surface area is 81.7 Å². The van der Waals surface area contributed by atoms with Crippen molar-refractivity contribution >= 4 is 22.0 Å². The maximum absolute atomic E-state index is 3.80. The van der Waals surface area contributed by atoms with Crippen molar-refractivity contribution < 1.29 is 0 Å². The number of hydrogen-bond acceptors (Lipinski definition) is 0. The van der Waals surface area contributed by atoms with Gasteiger partial charge in [-0.05, 0) is 18.1 Å². The maximum atomic E-state index is 3.80. The molecule has 0 amide bonds. The van der Waals surface area contributed by atoms with Crippen molar-refractivity contribution in [1.29, 1.82) is 0 Å². The van der Waals surface area contributed by atoms with Crippen LogP contribution in [0.4, 0.5) is 0 Å². The van der Waals surface area contributed by atoms with Crippen LogP contribution in [0.25, 0.3) is 6.08 Å². The van der Waals surface area contributed by atoms with Gasteiger partial charge in [-0.2, -0.15) is 0 Å². The Morgan fingerprint density at radius 3 is 2.42 bits per heavy atom. The Morgan fingerprint density at radius 2 is 1.92 bits per heavy atom. The highest BCUT2D eigenvalue weighted by atomic mass is 79.9. The fourth-order valence-electron chi connectivity index (χ4n) is 0.878. The smallest absolute Gasteiger partial charge is 0.0132 e. The number of allylic oxidation sites excluding steroid dienone is 2. The Hall–Kier alpha value is -0.820. The summed E-state index contributed by atoms with van der Waals surface area (Å²) in [7, 11) is 0. The van der Waals surface area contributed by atoms with Crippen LogP contribution in [0.5, 0.6) is 0 Å². The molecule has 0 radical (unpaired) electrons. The highest BCUT2D eigenvalue weighted by Gasteiger charge is 1.91. The van der Waals surface area contributed by atoms with Crippen LogP contribution < -0.4 is 0 Å². The molecular weight excluding hydrogens is 212 g/mol. The van der Waals surface area contributed by atoms with Gasteiger partial charge in [0.15, 0.2) is 0 Å². The first kappa shape index (κ1) is 9.27. The van der Waals surface area contributed by atoms with Gasteiger partial charge in [0.25, 0.3) is 0 Å². The molecule has 0 heterocycles. The molecule has 0 aliphatic heterocycles. The Balaban J connectivity index is 2.89. The second kappa shape index (κ2) is 4.27. The lowest BCUT2D eigenvalue weighted by Gasteiger charge is -1.97. The summed E-state index contributed by atoms with van der Waals surface area (Å²) in [5.74, 6) is 0. The van der Waals surface area contributed by atoms with Gasteiger partial charge >= 0.3 is 0 Å². The number of rotatable bonds is 2. The molecule has 0 fully saturated rings. The molecule has 1 heteroatoms. The SMILES string of the molecule is C=C(Br)/C(C)=C\c1ccccc1. The molecule has 0 aliphatic carbocycles. The summed E-state index contributed by atoms with van der Waals surface area (Å²) >= 11 is 3.33. The van der Waals surface area contributed by atoms with E-state index in [9.17, 15) is 0 Å². The normalized spacial score (nSPS) is 11.3. The minimum Gasteiger partial charge on any atom is -0.0845 e. The molecule has 0 saturated heterocycles. The van der Waals surface area contributed by atoms with Gasteiger partial charge in [0.05, 0.1) is 0 Å². The van der Waals surface area contributed by atoms with E-state index in [4.69, 9.17) is 0 Å². The maximum Gasteiger partial charge on any atom is 0.0132 e. The van der Waals surface area contributed by atoms with E-state index in [0.717, 1.165) is 10.1 Å². The molecule has 0 bridgehead atoms. The first-order valence-electron chi connectivity index (χ1n) is 3.78. The second-order valence-corrected chi connectivity index (χ2v) is 3.60. The van der Waals surface area contributed by atoms with Crippen molar-refractivity contribution in [3.63, 3.8) is 0 Å². The van der Waals surface area contributed by atoms with Crippen molar-refractivity contribution in [1.82, 2.24) is 0 Å². The van der Waals surface area contributed by atoms with E-state index in [0.29, 0.717) is 0 Å². The van der Waals surface area contributed by atoms with Gasteiger partial charge in [0.1, 0.15) is 0 Å². The van der Waals surface area contributed by atoms with E-state index < -0.39 is 0 Å². The third-order valence-corrected chi connectivity index (χ3v) is 2.24. The molecule has 1 aromatic carbocycles. The van der Waals surface area contributed by atoms with E-state index in [1.54, 1.807) is 0 Å². The molecule has 1 rings (SSSR count). The van der Waals surface area contributed by atoms with Gasteiger partial charge in [-0.1, -0.05) is 58.9 Å². The van der Waals surface area contributed by atoms with Crippen molar-refractivity contribution in [3.8, 4) is 0 Å². The summed E-state index contributed by atoms with van der Waals surface area (Å²) in [6, 6.07) is 10.2. The molecule has 0 N–H and O–H groups in total. The molecule has 0 saturated carbocycles. The van der Waals surface area contributed by atoms with Crippen molar-refractivity contribution in [3.05, 3.63) is 52.5 Å². The fraction of sp³-hybridized carbons (Fsp3) is 0.0909. The molecule has 1 aromatic rings. The summed E-state index contributed by atoms with van der Waals surface area (Å²) in [5, 5.41) is 0. The highest BCUT2D eigenvalue weighted by Crippen LogP contribution is 2.16. The quantitative estimate of drug-likeness (QED) is 0.664. The molecule has 62 valence electrons. The van der Waals surface area contributed by atoms with E-state index in [1.165, 1.54) is 5.56 Å². The van der Waals surface area contributed by atoms with Crippen LogP contribution in [0, 0.1) is 0 Å². The summed E-state index contributed by atoms with van der Waals surface area (Å²) in [4.78, 5) is 0. The first-order valence-corrected chi connectivity index (χ1v) is 4.57. The Kier molecular flexibility index (Phi) is 3.30. The zero-order valence-electron chi connectivity index (χ0n) is 7.05. The lowest BCUT2D eigenvalue weighted by Crippen LogP contribution is -1.74. The number of halogens is 1. The van der Waals surface area contributed by atoms with Gasteiger partial charge in [-0.3, -0.25) is 0 Å². The van der Waals surface area contributed by atoms with E-state index >= 15 is 0 Å². The summed E-state index contributed by atoms with van der Waals surface area (Å²) < 4.78 is 0.936. The lowest BCUT2D eigenvalue weighted by molar-refractivity contribution is 1.54. The van der Waals surface area contributed by atoms with E-state index in [2.05, 4.69) is 40.7 Å². The average Bonchev–Trinajstić information content (AvgIpc) is 2.06. The van der Waals surface area contributed by atoms with Crippen LogP contribution in [-0.2, 0) is 0 Å². The minimum absolute atomic E-state index is 0.936. The molecule has 0 unspecified atom stereocenters. The Morgan fingerprint density at radius 1 is 1.33 bits per heavy atom. The van der Waals surface area contributed by atoms with Crippen LogP contribution >= 0.6 is 15.9 Å². The summed E-state index contributed by atoms with van der Waals surface area (Å²) in [6.45, 7) is 5.83. The molecule has 0 nitrogen and oxygen atoms in total. The molecule has 12 heavy (non-hydrogen) atoms. The highest BCUT2D eigenvalue weighted by molar-refractivity contribution is 9.11. The van der Waals surface area contributed by atoms with Crippen molar-refractivity contribution in [2.45, 2.75) is 6.92 Å². The topological polar surface area (TPSA) is 0 Å². The lowest BCUT2D eigenvalue weighted by atomic mass is 10.1. The van der Waals surface area contributed by atoms with E-state index in [1.807, 2.05) is 25.1 Å². The van der Waals surface area contributed by atoms with E-state index in [-0.39, 0.29) is 0 Å². The predicted octanol–water partition coefficient (Wildman–Crippen LogP) is 4.00. The van der Waals surface area contributed by atoms with Crippen LogP contribution in [0.3, 0.4) is 0 Å². The zero-order valence-corrected chi connectivity index (χ0v) is 8.64. The first-order chi connectivity index (χ1) is 5.70. The monoisotopic (exact) mass is 222 g/mol. The third-order valence-electron chi connectivity index (χ3n) is 1.61. The van der Waals surface area contributed by atoms with Gasteiger partial charge < -0.3 is 0 Å². The Bertz CT molecular complexity index is 296. The summed E-state index contributed by atoms with van der Waals surface area (Å²) in [6.07, 6.45) is 2.09. The fourth-order valence-corrected chi connectivity index (χ4v) is 0.992. The minimum atomic E-state index is 0.936.